The number of nitrogen functional groups attached to an aromatic ring is 1. The van der Waals surface area contributed by atoms with Crippen LogP contribution in [-0.2, 0) is 6.42 Å². The Balaban J connectivity index is 1.46. The summed E-state index contributed by atoms with van der Waals surface area (Å²) < 4.78 is 7.41. The van der Waals surface area contributed by atoms with Gasteiger partial charge < -0.3 is 31.0 Å². The number of carbonyl (C=O) groups is 2. The van der Waals surface area contributed by atoms with E-state index in [9.17, 15) is 14.7 Å². The molecule has 2 heterocycles. The minimum absolute atomic E-state index is 0.0254. The van der Waals surface area contributed by atoms with Crippen molar-refractivity contribution in [1.29, 1.82) is 0 Å². The monoisotopic (exact) mass is 501 g/mol. The van der Waals surface area contributed by atoms with Gasteiger partial charge in [-0.15, -0.1) is 0 Å². The fraction of sp³-hybridized carbons (Fsp3) is 0.250. The van der Waals surface area contributed by atoms with E-state index in [1.54, 1.807) is 34.7 Å². The molecule has 0 spiro atoms. The summed E-state index contributed by atoms with van der Waals surface area (Å²) in [6.07, 6.45) is 4.57. The molecule has 0 unspecified atom stereocenters. The number of rotatable bonds is 10. The molecule has 0 fully saturated rings. The van der Waals surface area contributed by atoms with Gasteiger partial charge in [-0.25, -0.2) is 4.98 Å². The predicted molar refractivity (Wildman–Crippen MR) is 142 cm³/mol. The highest BCUT2D eigenvalue weighted by molar-refractivity contribution is 5.99. The van der Waals surface area contributed by atoms with Gasteiger partial charge in [0.15, 0.2) is 0 Å². The number of ether oxygens (including phenoxy) is 1. The van der Waals surface area contributed by atoms with E-state index in [1.807, 2.05) is 50.5 Å². The molecule has 6 N–H and O–H groups in total. The van der Waals surface area contributed by atoms with Gasteiger partial charge in [0.05, 0.1) is 23.0 Å². The average Bonchev–Trinajstić information content (AvgIpc) is 3.30. The van der Waals surface area contributed by atoms with Crippen molar-refractivity contribution in [3.63, 3.8) is 0 Å². The third-order valence-corrected chi connectivity index (χ3v) is 5.93. The summed E-state index contributed by atoms with van der Waals surface area (Å²) in [5.74, 6) is -0.263. The number of aliphatic hydroxyl groups is 1. The van der Waals surface area contributed by atoms with Crippen molar-refractivity contribution in [2.75, 3.05) is 12.3 Å². The Hall–Kier alpha value is -4.37. The van der Waals surface area contributed by atoms with Crippen LogP contribution in [0.15, 0.2) is 67.0 Å². The first-order valence-corrected chi connectivity index (χ1v) is 12.1. The first kappa shape index (κ1) is 25.7. The van der Waals surface area contributed by atoms with Crippen LogP contribution in [0.1, 0.15) is 46.5 Å². The summed E-state index contributed by atoms with van der Waals surface area (Å²) in [6.45, 7) is 3.75. The zero-order valence-corrected chi connectivity index (χ0v) is 20.8. The second-order valence-electron chi connectivity index (χ2n) is 9.15. The van der Waals surface area contributed by atoms with Gasteiger partial charge in [-0.05, 0) is 62.6 Å². The molecule has 2 aromatic heterocycles. The number of fused-ring (bicyclic) bond motifs is 1. The molecule has 2 aromatic carbocycles. The number of imidazole rings is 1. The molecule has 0 aliphatic rings. The molecule has 0 aliphatic carbocycles. The molecule has 2 amide bonds. The Morgan fingerprint density at radius 1 is 1.14 bits per heavy atom. The fourth-order valence-electron chi connectivity index (χ4n) is 4.14. The predicted octanol–water partition coefficient (Wildman–Crippen LogP) is 3.19. The van der Waals surface area contributed by atoms with Crippen LogP contribution < -0.4 is 21.5 Å². The number of carbonyl (C=O) groups excluding carboxylic acids is 2. The van der Waals surface area contributed by atoms with E-state index in [4.69, 9.17) is 16.2 Å². The lowest BCUT2D eigenvalue weighted by Gasteiger charge is -2.19. The molecular formula is C28H31N5O4. The van der Waals surface area contributed by atoms with Gasteiger partial charge >= 0.3 is 0 Å². The normalized spacial score (nSPS) is 12.0. The Morgan fingerprint density at radius 3 is 2.54 bits per heavy atom. The molecular weight excluding hydrogens is 470 g/mol. The molecule has 0 bridgehead atoms. The Kier molecular flexibility index (Phi) is 7.74. The van der Waals surface area contributed by atoms with Gasteiger partial charge in [-0.1, -0.05) is 24.3 Å². The lowest BCUT2D eigenvalue weighted by atomic mass is 10.0. The zero-order valence-electron chi connectivity index (χ0n) is 20.8. The van der Waals surface area contributed by atoms with Crippen LogP contribution in [0.5, 0.6) is 5.75 Å². The zero-order chi connectivity index (χ0) is 26.5. The highest BCUT2D eigenvalue weighted by Gasteiger charge is 2.17. The van der Waals surface area contributed by atoms with E-state index < -0.39 is 5.91 Å². The van der Waals surface area contributed by atoms with Crippen LogP contribution in [0, 0.1) is 0 Å². The van der Waals surface area contributed by atoms with E-state index >= 15 is 0 Å². The number of nitrogens with one attached hydrogen (secondary N) is 1. The number of primary amides is 1. The number of nitrogens with zero attached hydrogens (tertiary/aromatic N) is 2. The highest BCUT2D eigenvalue weighted by atomic mass is 16.5. The van der Waals surface area contributed by atoms with Crippen molar-refractivity contribution in [1.82, 2.24) is 14.7 Å². The molecule has 0 saturated heterocycles. The molecule has 4 rings (SSSR count). The molecule has 0 radical (unpaired) electrons. The topological polar surface area (TPSA) is 145 Å². The lowest BCUT2D eigenvalue weighted by Crippen LogP contribution is -2.37. The summed E-state index contributed by atoms with van der Waals surface area (Å²) in [7, 11) is 0. The second kappa shape index (κ2) is 11.1. The molecule has 0 saturated carbocycles. The molecule has 0 aliphatic heterocycles. The number of nitrogens with two attached hydrogens (primary N) is 2. The molecule has 192 valence electrons. The summed E-state index contributed by atoms with van der Waals surface area (Å²) >= 11 is 0. The van der Waals surface area contributed by atoms with Crippen LogP contribution in [0.25, 0.3) is 16.9 Å². The first-order chi connectivity index (χ1) is 17.7. The maximum Gasteiger partial charge on any atom is 0.252 e. The standard InChI is InChI=1S/C28H31N5O4/c1-17(2)37-25-10-9-20(15-23(25)29)28(36)31-21(11-13-34)14-18-5-7-19(8-6-18)24-16-33-12-3-4-22(26(30)35)27(33)32-24/h3-10,12,15-17,21,34H,11,13-14,29H2,1-2H3,(H2,30,35)(H,31,36)/t21-/m1/s1. The van der Waals surface area contributed by atoms with Gasteiger partial charge in [0, 0.05) is 36.2 Å². The number of aliphatic hydroxyl groups excluding tert-OH is 1. The van der Waals surface area contributed by atoms with Crippen molar-refractivity contribution in [3.05, 3.63) is 83.7 Å². The van der Waals surface area contributed by atoms with Crippen molar-refractivity contribution < 1.29 is 19.4 Å². The number of hydrogen-bond donors (Lipinski definition) is 4. The van der Waals surface area contributed by atoms with E-state index in [-0.39, 0.29) is 24.7 Å². The average molecular weight is 502 g/mol. The molecule has 9 nitrogen and oxygen atoms in total. The van der Waals surface area contributed by atoms with Crippen LogP contribution in [0.2, 0.25) is 0 Å². The summed E-state index contributed by atoms with van der Waals surface area (Å²) in [4.78, 5) is 29.2. The van der Waals surface area contributed by atoms with Crippen LogP contribution in [-0.4, -0.2) is 45.1 Å². The SMILES string of the molecule is CC(C)Oc1ccc(C(=O)N[C@H](CCO)Cc2ccc(-c3cn4cccc(C(N)=O)c4n3)cc2)cc1N. The number of hydrogen-bond acceptors (Lipinski definition) is 6. The number of amides is 2. The van der Waals surface area contributed by atoms with E-state index in [2.05, 4.69) is 10.3 Å². The highest BCUT2D eigenvalue weighted by Crippen LogP contribution is 2.24. The van der Waals surface area contributed by atoms with Crippen LogP contribution >= 0.6 is 0 Å². The van der Waals surface area contributed by atoms with Crippen LogP contribution in [0.3, 0.4) is 0 Å². The quantitative estimate of drug-likeness (QED) is 0.246. The minimum Gasteiger partial charge on any atom is -0.489 e. The van der Waals surface area contributed by atoms with Crippen molar-refractivity contribution in [2.24, 2.45) is 5.73 Å². The van der Waals surface area contributed by atoms with Gasteiger partial charge in [-0.3, -0.25) is 9.59 Å². The summed E-state index contributed by atoms with van der Waals surface area (Å²) in [5.41, 5.74) is 15.8. The minimum atomic E-state index is -0.530. The smallest absolute Gasteiger partial charge is 0.252 e. The third-order valence-electron chi connectivity index (χ3n) is 5.93. The number of pyridine rings is 1. The van der Waals surface area contributed by atoms with E-state index in [1.165, 1.54) is 0 Å². The molecule has 1 atom stereocenters. The lowest BCUT2D eigenvalue weighted by molar-refractivity contribution is 0.0929. The molecule has 4 aromatic rings. The van der Waals surface area contributed by atoms with Crippen LogP contribution in [0.4, 0.5) is 5.69 Å². The number of anilines is 1. The van der Waals surface area contributed by atoms with E-state index in [0.29, 0.717) is 46.7 Å². The summed E-state index contributed by atoms with van der Waals surface area (Å²) in [5, 5.41) is 12.6. The maximum absolute atomic E-state index is 12.9. The van der Waals surface area contributed by atoms with Gasteiger partial charge in [0.1, 0.15) is 11.4 Å². The van der Waals surface area contributed by atoms with Gasteiger partial charge in [-0.2, -0.15) is 0 Å². The first-order valence-electron chi connectivity index (χ1n) is 12.1. The van der Waals surface area contributed by atoms with Crippen molar-refractivity contribution in [2.45, 2.75) is 38.8 Å². The number of benzene rings is 2. The third kappa shape index (κ3) is 6.07. The Bertz CT molecular complexity index is 1410. The molecule has 9 heteroatoms. The van der Waals surface area contributed by atoms with Gasteiger partial charge in [0.2, 0.25) is 0 Å². The van der Waals surface area contributed by atoms with Crippen molar-refractivity contribution in [3.8, 4) is 17.0 Å². The van der Waals surface area contributed by atoms with Gasteiger partial charge in [0.25, 0.3) is 11.8 Å². The Labute approximate surface area is 215 Å². The summed E-state index contributed by atoms with van der Waals surface area (Å²) in [6, 6.07) is 15.9. The maximum atomic E-state index is 12.9. The second-order valence-corrected chi connectivity index (χ2v) is 9.15. The number of aromatic nitrogens is 2. The molecule has 37 heavy (non-hydrogen) atoms. The van der Waals surface area contributed by atoms with E-state index in [0.717, 1.165) is 11.1 Å². The fourth-order valence-corrected chi connectivity index (χ4v) is 4.14. The Morgan fingerprint density at radius 2 is 1.89 bits per heavy atom. The largest absolute Gasteiger partial charge is 0.489 e. The van der Waals surface area contributed by atoms with Crippen molar-refractivity contribution >= 4 is 23.1 Å².